The molecule has 0 aliphatic carbocycles. The summed E-state index contributed by atoms with van der Waals surface area (Å²) in [6.07, 6.45) is 1.08. The van der Waals surface area contributed by atoms with Gasteiger partial charge in [-0.15, -0.1) is 0 Å². The number of aromatic nitrogens is 3. The smallest absolute Gasteiger partial charge is 0.180 e. The van der Waals surface area contributed by atoms with Crippen molar-refractivity contribution in [3.8, 4) is 0 Å². The van der Waals surface area contributed by atoms with Crippen molar-refractivity contribution in [3.05, 3.63) is 11.6 Å². The Morgan fingerprint density at radius 2 is 2.33 bits per heavy atom. The summed E-state index contributed by atoms with van der Waals surface area (Å²) < 4.78 is 27.9. The second-order valence-corrected chi connectivity index (χ2v) is 6.83. The lowest BCUT2D eigenvalue weighted by molar-refractivity contribution is -0.0321. The van der Waals surface area contributed by atoms with E-state index in [-0.39, 0.29) is 11.9 Å². The highest BCUT2D eigenvalue weighted by Gasteiger charge is 2.25. The number of H-pyrrole nitrogens is 1. The van der Waals surface area contributed by atoms with Crippen LogP contribution in [-0.4, -0.2) is 66.7 Å². The van der Waals surface area contributed by atoms with Crippen molar-refractivity contribution in [1.29, 1.82) is 0 Å². The van der Waals surface area contributed by atoms with Gasteiger partial charge < -0.3 is 4.74 Å². The van der Waals surface area contributed by atoms with E-state index in [1.165, 1.54) is 6.26 Å². The first-order valence-electron chi connectivity index (χ1n) is 5.84. The molecule has 1 saturated heterocycles. The number of sulfone groups is 1. The first-order valence-corrected chi connectivity index (χ1v) is 7.91. The molecule has 18 heavy (non-hydrogen) atoms. The molecule has 1 fully saturated rings. The van der Waals surface area contributed by atoms with Gasteiger partial charge >= 0.3 is 0 Å². The Hall–Kier alpha value is -0.990. The summed E-state index contributed by atoms with van der Waals surface area (Å²) in [6.45, 7) is 4.31. The van der Waals surface area contributed by atoms with Crippen molar-refractivity contribution in [2.45, 2.75) is 13.0 Å². The molecule has 8 heteroatoms. The van der Waals surface area contributed by atoms with Crippen molar-refractivity contribution >= 4 is 9.84 Å². The molecular weight excluding hydrogens is 256 g/mol. The van der Waals surface area contributed by atoms with Crippen LogP contribution in [-0.2, 0) is 14.6 Å². The molecule has 102 valence electrons. The fourth-order valence-electron chi connectivity index (χ4n) is 1.86. The number of hydrogen-bond donors (Lipinski definition) is 1. The number of aryl methyl sites for hydroxylation is 1. The van der Waals surface area contributed by atoms with Gasteiger partial charge in [0.05, 0.1) is 12.4 Å². The SMILES string of the molecule is Cc1nc(C2CN(CCS(C)(=O)=O)CCO2)n[nH]1. The number of hydrogen-bond acceptors (Lipinski definition) is 6. The van der Waals surface area contributed by atoms with Gasteiger partial charge in [0.15, 0.2) is 5.82 Å². The fraction of sp³-hybridized carbons (Fsp3) is 0.800. The van der Waals surface area contributed by atoms with Crippen LogP contribution in [0.3, 0.4) is 0 Å². The number of ether oxygens (including phenoxy) is 1. The van der Waals surface area contributed by atoms with E-state index in [0.717, 1.165) is 12.4 Å². The Kier molecular flexibility index (Phi) is 3.98. The van der Waals surface area contributed by atoms with Crippen LogP contribution in [0.1, 0.15) is 17.8 Å². The van der Waals surface area contributed by atoms with Crippen molar-refractivity contribution in [2.24, 2.45) is 0 Å². The van der Waals surface area contributed by atoms with E-state index in [0.29, 0.717) is 25.5 Å². The minimum absolute atomic E-state index is 0.173. The third kappa shape index (κ3) is 3.76. The minimum atomic E-state index is -2.92. The van der Waals surface area contributed by atoms with Gasteiger partial charge in [-0.2, -0.15) is 5.10 Å². The van der Waals surface area contributed by atoms with Gasteiger partial charge in [0, 0.05) is 25.9 Å². The van der Waals surface area contributed by atoms with Gasteiger partial charge in [-0.05, 0) is 6.92 Å². The molecule has 0 aromatic carbocycles. The number of aromatic amines is 1. The molecule has 0 bridgehead atoms. The molecular formula is C10H18N4O3S. The predicted octanol–water partition coefficient (Wildman–Crippen LogP) is -0.469. The summed E-state index contributed by atoms with van der Waals surface area (Å²) in [6, 6.07) is 0. The highest BCUT2D eigenvalue weighted by atomic mass is 32.2. The lowest BCUT2D eigenvalue weighted by Gasteiger charge is -2.31. The minimum Gasteiger partial charge on any atom is -0.367 e. The summed E-state index contributed by atoms with van der Waals surface area (Å²) in [4.78, 5) is 6.31. The lowest BCUT2D eigenvalue weighted by Crippen LogP contribution is -2.41. The molecule has 0 saturated carbocycles. The Morgan fingerprint density at radius 3 is 2.94 bits per heavy atom. The zero-order chi connectivity index (χ0) is 13.2. The van der Waals surface area contributed by atoms with Crippen LogP contribution in [0.25, 0.3) is 0 Å². The van der Waals surface area contributed by atoms with Crippen LogP contribution >= 0.6 is 0 Å². The van der Waals surface area contributed by atoms with Crippen LogP contribution in [0.4, 0.5) is 0 Å². The average molecular weight is 274 g/mol. The summed E-state index contributed by atoms with van der Waals surface area (Å²) in [5.41, 5.74) is 0. The van der Waals surface area contributed by atoms with E-state index in [1.54, 1.807) is 0 Å². The summed E-state index contributed by atoms with van der Waals surface area (Å²) in [7, 11) is -2.92. The molecule has 1 aliphatic heterocycles. The molecule has 0 radical (unpaired) electrons. The van der Waals surface area contributed by atoms with Gasteiger partial charge in [-0.3, -0.25) is 10.00 Å². The van der Waals surface area contributed by atoms with Crippen molar-refractivity contribution < 1.29 is 13.2 Å². The van der Waals surface area contributed by atoms with E-state index in [9.17, 15) is 8.42 Å². The summed E-state index contributed by atoms with van der Waals surface area (Å²) in [5.74, 6) is 1.56. The maximum Gasteiger partial charge on any atom is 0.180 e. The van der Waals surface area contributed by atoms with Crippen LogP contribution in [0.15, 0.2) is 0 Å². The third-order valence-corrected chi connectivity index (χ3v) is 3.76. The Bertz CT molecular complexity index is 499. The van der Waals surface area contributed by atoms with Gasteiger partial charge in [-0.25, -0.2) is 13.4 Å². The Balaban J connectivity index is 1.92. The maximum absolute atomic E-state index is 11.1. The van der Waals surface area contributed by atoms with Gasteiger partial charge in [0.25, 0.3) is 0 Å². The van der Waals surface area contributed by atoms with Crippen LogP contribution in [0.2, 0.25) is 0 Å². The number of nitrogens with zero attached hydrogens (tertiary/aromatic N) is 3. The highest BCUT2D eigenvalue weighted by molar-refractivity contribution is 7.90. The molecule has 2 heterocycles. The first-order chi connectivity index (χ1) is 8.44. The second-order valence-electron chi connectivity index (χ2n) is 4.57. The molecule has 1 atom stereocenters. The number of nitrogens with one attached hydrogen (secondary N) is 1. The zero-order valence-electron chi connectivity index (χ0n) is 10.6. The first kappa shape index (κ1) is 13.4. The van der Waals surface area contributed by atoms with Crippen LogP contribution < -0.4 is 0 Å². The standard InChI is InChI=1S/C10H18N4O3S/c1-8-11-10(13-12-8)9-7-14(3-5-17-9)4-6-18(2,15)16/h9H,3-7H2,1-2H3,(H,11,12,13). The molecule has 1 N–H and O–H groups in total. The summed E-state index contributed by atoms with van der Waals surface area (Å²) >= 11 is 0. The molecule has 2 rings (SSSR count). The molecule has 1 unspecified atom stereocenters. The maximum atomic E-state index is 11.1. The monoisotopic (exact) mass is 274 g/mol. The highest BCUT2D eigenvalue weighted by Crippen LogP contribution is 2.18. The largest absolute Gasteiger partial charge is 0.367 e. The van der Waals surface area contributed by atoms with Crippen molar-refractivity contribution in [1.82, 2.24) is 20.1 Å². The predicted molar refractivity (Wildman–Crippen MR) is 66.0 cm³/mol. The van der Waals surface area contributed by atoms with Gasteiger partial charge in [0.1, 0.15) is 21.8 Å². The number of rotatable bonds is 4. The quantitative estimate of drug-likeness (QED) is 0.798. The normalized spacial score (nSPS) is 22.2. The fourth-order valence-corrected chi connectivity index (χ4v) is 2.45. The van der Waals surface area contributed by atoms with E-state index >= 15 is 0 Å². The molecule has 1 aromatic heterocycles. The molecule has 1 aromatic rings. The number of morpholine rings is 1. The van der Waals surface area contributed by atoms with E-state index < -0.39 is 9.84 Å². The second kappa shape index (κ2) is 5.33. The van der Waals surface area contributed by atoms with Crippen molar-refractivity contribution in [3.63, 3.8) is 0 Å². The summed E-state index contributed by atoms with van der Waals surface area (Å²) in [5, 5.41) is 6.86. The van der Waals surface area contributed by atoms with Crippen LogP contribution in [0.5, 0.6) is 0 Å². The van der Waals surface area contributed by atoms with Gasteiger partial charge in [0.2, 0.25) is 0 Å². The Labute approximate surface area is 106 Å². The molecule has 0 spiro atoms. The lowest BCUT2D eigenvalue weighted by atomic mass is 10.2. The van der Waals surface area contributed by atoms with Gasteiger partial charge in [-0.1, -0.05) is 0 Å². The molecule has 7 nitrogen and oxygen atoms in total. The zero-order valence-corrected chi connectivity index (χ0v) is 11.4. The third-order valence-electron chi connectivity index (χ3n) is 2.83. The van der Waals surface area contributed by atoms with E-state index in [1.807, 2.05) is 6.92 Å². The Morgan fingerprint density at radius 1 is 1.56 bits per heavy atom. The van der Waals surface area contributed by atoms with Crippen molar-refractivity contribution in [2.75, 3.05) is 38.2 Å². The van der Waals surface area contributed by atoms with Crippen LogP contribution in [0, 0.1) is 6.92 Å². The topological polar surface area (TPSA) is 88.2 Å². The molecule has 1 aliphatic rings. The molecule has 0 amide bonds. The average Bonchev–Trinajstić information content (AvgIpc) is 2.73. The van der Waals surface area contributed by atoms with E-state index in [2.05, 4.69) is 20.1 Å². The van der Waals surface area contributed by atoms with E-state index in [4.69, 9.17) is 4.74 Å².